The van der Waals surface area contributed by atoms with Crippen LogP contribution >= 0.6 is 0 Å². The fourth-order valence-electron chi connectivity index (χ4n) is 2.14. The maximum atomic E-state index is 11.3. The maximum Gasteiger partial charge on any atom is 0.407 e. The molecule has 0 aromatic carbocycles. The first-order chi connectivity index (χ1) is 8.11. The van der Waals surface area contributed by atoms with Crippen molar-refractivity contribution >= 4 is 12.1 Å². The topological polar surface area (TPSA) is 75.6 Å². The van der Waals surface area contributed by atoms with E-state index < -0.39 is 12.1 Å². The van der Waals surface area contributed by atoms with Crippen molar-refractivity contribution in [3.05, 3.63) is 12.7 Å². The number of hydrogen-bond acceptors (Lipinski definition) is 3. The summed E-state index contributed by atoms with van der Waals surface area (Å²) in [6.07, 6.45) is 4.70. The highest BCUT2D eigenvalue weighted by Gasteiger charge is 2.26. The second-order valence-electron chi connectivity index (χ2n) is 4.34. The largest absolute Gasteiger partial charge is 0.481 e. The molecule has 0 aliphatic heterocycles. The number of amides is 1. The quantitative estimate of drug-likeness (QED) is 0.697. The zero-order valence-electron chi connectivity index (χ0n) is 9.85. The predicted molar refractivity (Wildman–Crippen MR) is 62.7 cm³/mol. The lowest BCUT2D eigenvalue weighted by atomic mass is 10.0. The van der Waals surface area contributed by atoms with E-state index in [0.717, 1.165) is 19.3 Å². The molecule has 1 aliphatic carbocycles. The SMILES string of the molecule is C=CCOC(=O)NC1CCC(CCC(=O)O)C1. The van der Waals surface area contributed by atoms with Gasteiger partial charge in [-0.15, -0.1) is 0 Å². The molecule has 0 radical (unpaired) electrons. The van der Waals surface area contributed by atoms with Crippen molar-refractivity contribution in [2.24, 2.45) is 5.92 Å². The molecule has 5 nitrogen and oxygen atoms in total. The van der Waals surface area contributed by atoms with Crippen LogP contribution in [0.5, 0.6) is 0 Å². The highest BCUT2D eigenvalue weighted by molar-refractivity contribution is 5.67. The first kappa shape index (κ1) is 13.5. The van der Waals surface area contributed by atoms with Gasteiger partial charge in [0.05, 0.1) is 0 Å². The Morgan fingerprint density at radius 2 is 2.24 bits per heavy atom. The van der Waals surface area contributed by atoms with Gasteiger partial charge < -0.3 is 15.2 Å². The minimum absolute atomic E-state index is 0.117. The van der Waals surface area contributed by atoms with E-state index in [1.54, 1.807) is 0 Å². The Morgan fingerprint density at radius 3 is 2.88 bits per heavy atom. The van der Waals surface area contributed by atoms with Crippen LogP contribution in [0, 0.1) is 5.92 Å². The second kappa shape index (κ2) is 6.93. The van der Waals surface area contributed by atoms with Crippen LogP contribution in [-0.4, -0.2) is 29.8 Å². The van der Waals surface area contributed by atoms with Crippen molar-refractivity contribution < 1.29 is 19.4 Å². The summed E-state index contributed by atoms with van der Waals surface area (Å²) < 4.78 is 4.82. The van der Waals surface area contributed by atoms with Gasteiger partial charge in [-0.3, -0.25) is 4.79 Å². The van der Waals surface area contributed by atoms with E-state index in [0.29, 0.717) is 12.3 Å². The molecule has 1 amide bonds. The third-order valence-corrected chi connectivity index (χ3v) is 2.96. The molecule has 0 saturated heterocycles. The van der Waals surface area contributed by atoms with E-state index in [4.69, 9.17) is 9.84 Å². The molecule has 0 spiro atoms. The fourth-order valence-corrected chi connectivity index (χ4v) is 2.14. The van der Waals surface area contributed by atoms with Crippen LogP contribution in [0.1, 0.15) is 32.1 Å². The van der Waals surface area contributed by atoms with Crippen LogP contribution in [0.3, 0.4) is 0 Å². The Morgan fingerprint density at radius 1 is 1.47 bits per heavy atom. The zero-order valence-corrected chi connectivity index (χ0v) is 9.85. The summed E-state index contributed by atoms with van der Waals surface area (Å²) in [5, 5.41) is 11.4. The van der Waals surface area contributed by atoms with E-state index in [2.05, 4.69) is 11.9 Å². The smallest absolute Gasteiger partial charge is 0.407 e. The average Bonchev–Trinajstić information content (AvgIpc) is 2.71. The highest BCUT2D eigenvalue weighted by atomic mass is 16.5. The van der Waals surface area contributed by atoms with Gasteiger partial charge in [0.1, 0.15) is 6.61 Å². The Bertz CT molecular complexity index is 290. The molecule has 96 valence electrons. The van der Waals surface area contributed by atoms with Gasteiger partial charge in [0, 0.05) is 12.5 Å². The van der Waals surface area contributed by atoms with Crippen molar-refractivity contribution in [2.75, 3.05) is 6.61 Å². The number of aliphatic carboxylic acids is 1. The summed E-state index contributed by atoms with van der Waals surface area (Å²) in [7, 11) is 0. The van der Waals surface area contributed by atoms with Gasteiger partial charge in [0.25, 0.3) is 0 Å². The fraction of sp³-hybridized carbons (Fsp3) is 0.667. The Balaban J connectivity index is 2.18. The van der Waals surface area contributed by atoms with E-state index in [-0.39, 0.29) is 19.1 Å². The number of hydrogen-bond donors (Lipinski definition) is 2. The molecule has 1 fully saturated rings. The average molecular weight is 241 g/mol. The summed E-state index contributed by atoms with van der Waals surface area (Å²) >= 11 is 0. The van der Waals surface area contributed by atoms with Crippen LogP contribution in [0.2, 0.25) is 0 Å². The molecule has 1 rings (SSSR count). The van der Waals surface area contributed by atoms with Crippen molar-refractivity contribution in [3.63, 3.8) is 0 Å². The Kier molecular flexibility index (Phi) is 5.52. The molecule has 2 N–H and O–H groups in total. The highest BCUT2D eigenvalue weighted by Crippen LogP contribution is 2.29. The summed E-state index contributed by atoms with van der Waals surface area (Å²) in [6, 6.07) is 0.117. The number of rotatable bonds is 6. The Hall–Kier alpha value is -1.52. The minimum atomic E-state index is -0.758. The lowest BCUT2D eigenvalue weighted by molar-refractivity contribution is -0.137. The third kappa shape index (κ3) is 5.38. The van der Waals surface area contributed by atoms with Gasteiger partial charge >= 0.3 is 12.1 Å². The number of carboxylic acid groups (broad SMARTS) is 1. The molecule has 2 atom stereocenters. The normalized spacial score (nSPS) is 23.1. The number of carbonyl (C=O) groups is 2. The molecule has 1 aliphatic rings. The van der Waals surface area contributed by atoms with Gasteiger partial charge in [-0.25, -0.2) is 4.79 Å². The van der Waals surface area contributed by atoms with Crippen molar-refractivity contribution in [2.45, 2.75) is 38.1 Å². The van der Waals surface area contributed by atoms with Gasteiger partial charge in [-0.1, -0.05) is 12.7 Å². The molecule has 2 unspecified atom stereocenters. The summed E-state index contributed by atoms with van der Waals surface area (Å²) in [5.74, 6) is -0.359. The molecular formula is C12H19NO4. The number of alkyl carbamates (subject to hydrolysis) is 1. The maximum absolute atomic E-state index is 11.3. The molecule has 0 bridgehead atoms. The van der Waals surface area contributed by atoms with E-state index >= 15 is 0 Å². The molecule has 0 heterocycles. The molecule has 0 aromatic heterocycles. The van der Waals surface area contributed by atoms with Gasteiger partial charge in [0.2, 0.25) is 0 Å². The molecule has 0 aromatic rings. The second-order valence-corrected chi connectivity index (χ2v) is 4.34. The van der Waals surface area contributed by atoms with E-state index in [1.807, 2.05) is 0 Å². The van der Waals surface area contributed by atoms with E-state index in [1.165, 1.54) is 6.08 Å². The monoisotopic (exact) mass is 241 g/mol. The van der Waals surface area contributed by atoms with Crippen LogP contribution in [0.25, 0.3) is 0 Å². The third-order valence-electron chi connectivity index (χ3n) is 2.96. The molecular weight excluding hydrogens is 222 g/mol. The van der Waals surface area contributed by atoms with Crippen LogP contribution in [-0.2, 0) is 9.53 Å². The van der Waals surface area contributed by atoms with Gasteiger partial charge in [0.15, 0.2) is 0 Å². The Labute approximate surface area is 101 Å². The van der Waals surface area contributed by atoms with Gasteiger partial charge in [-0.05, 0) is 31.6 Å². The number of carboxylic acids is 1. The van der Waals surface area contributed by atoms with Crippen LogP contribution in [0.15, 0.2) is 12.7 Å². The van der Waals surface area contributed by atoms with Crippen molar-refractivity contribution in [1.29, 1.82) is 0 Å². The van der Waals surface area contributed by atoms with Crippen molar-refractivity contribution in [3.8, 4) is 0 Å². The predicted octanol–water partition coefficient (Wildman–Crippen LogP) is 1.93. The first-order valence-electron chi connectivity index (χ1n) is 5.87. The number of ether oxygens (including phenoxy) is 1. The lowest BCUT2D eigenvalue weighted by Gasteiger charge is -2.12. The van der Waals surface area contributed by atoms with Crippen LogP contribution < -0.4 is 5.32 Å². The minimum Gasteiger partial charge on any atom is -0.481 e. The van der Waals surface area contributed by atoms with Gasteiger partial charge in [-0.2, -0.15) is 0 Å². The summed E-state index contributed by atoms with van der Waals surface area (Å²) in [6.45, 7) is 3.67. The van der Waals surface area contributed by atoms with E-state index in [9.17, 15) is 9.59 Å². The molecule has 1 saturated carbocycles. The summed E-state index contributed by atoms with van der Waals surface area (Å²) in [4.78, 5) is 21.7. The van der Waals surface area contributed by atoms with Crippen LogP contribution in [0.4, 0.5) is 4.79 Å². The summed E-state index contributed by atoms with van der Waals surface area (Å²) in [5.41, 5.74) is 0. The standard InChI is InChI=1S/C12H19NO4/c1-2-7-17-12(16)13-10-5-3-9(8-10)4-6-11(14)15/h2,9-10H,1,3-8H2,(H,13,16)(H,14,15). The molecule has 5 heteroatoms. The molecule has 17 heavy (non-hydrogen) atoms. The number of carbonyl (C=O) groups excluding carboxylic acids is 1. The number of nitrogens with one attached hydrogen (secondary N) is 1. The zero-order chi connectivity index (χ0) is 12.7. The first-order valence-corrected chi connectivity index (χ1v) is 5.87. The van der Waals surface area contributed by atoms with Crippen molar-refractivity contribution in [1.82, 2.24) is 5.32 Å². The lowest BCUT2D eigenvalue weighted by Crippen LogP contribution is -2.33.